The topological polar surface area (TPSA) is 61.8 Å². The van der Waals surface area contributed by atoms with Gasteiger partial charge in [0.2, 0.25) is 0 Å². The number of thioether (sulfide) groups is 1. The van der Waals surface area contributed by atoms with Crippen molar-refractivity contribution in [2.24, 2.45) is 10.9 Å². The predicted octanol–water partition coefficient (Wildman–Crippen LogP) is 1.73. The lowest BCUT2D eigenvalue weighted by molar-refractivity contribution is 0.269. The molecule has 0 radical (unpaired) electrons. The summed E-state index contributed by atoms with van der Waals surface area (Å²) in [6.45, 7) is 4.27. The third kappa shape index (κ3) is 5.61. The van der Waals surface area contributed by atoms with E-state index in [-0.39, 0.29) is 0 Å². The van der Waals surface area contributed by atoms with Gasteiger partial charge in [-0.25, -0.2) is 0 Å². The van der Waals surface area contributed by atoms with Crippen LogP contribution in [-0.2, 0) is 0 Å². The largest absolute Gasteiger partial charge is 0.409 e. The van der Waals surface area contributed by atoms with Crippen LogP contribution in [0.2, 0.25) is 0 Å². The molecule has 1 aliphatic carbocycles. The summed E-state index contributed by atoms with van der Waals surface area (Å²) in [4.78, 5) is 2.48. The predicted molar refractivity (Wildman–Crippen MR) is 70.2 cm³/mol. The highest BCUT2D eigenvalue weighted by Crippen LogP contribution is 2.27. The van der Waals surface area contributed by atoms with Crippen LogP contribution in [0.5, 0.6) is 0 Å². The average molecular weight is 245 g/mol. The molecule has 0 amide bonds. The Bertz CT molecular complexity index is 219. The molecule has 1 rings (SSSR count). The molecule has 0 aliphatic heterocycles. The second-order valence-electron chi connectivity index (χ2n) is 4.16. The first-order valence-corrected chi connectivity index (χ1v) is 7.21. The first-order chi connectivity index (χ1) is 7.77. The monoisotopic (exact) mass is 245 g/mol. The van der Waals surface area contributed by atoms with Crippen molar-refractivity contribution < 1.29 is 5.21 Å². The highest BCUT2D eigenvalue weighted by molar-refractivity contribution is 7.99. The van der Waals surface area contributed by atoms with Gasteiger partial charge in [-0.3, -0.25) is 4.90 Å². The molecule has 4 nitrogen and oxygen atoms in total. The normalized spacial score (nSPS) is 17.0. The second kappa shape index (κ2) is 7.79. The van der Waals surface area contributed by atoms with Crippen LogP contribution in [0.15, 0.2) is 5.16 Å². The summed E-state index contributed by atoms with van der Waals surface area (Å²) in [5.41, 5.74) is 5.49. The summed E-state index contributed by atoms with van der Waals surface area (Å²) in [5, 5.41) is 11.5. The zero-order valence-corrected chi connectivity index (χ0v) is 10.9. The van der Waals surface area contributed by atoms with E-state index in [1.165, 1.54) is 30.8 Å². The molecule has 0 unspecified atom stereocenters. The SMILES string of the molecule is CCSCCCN(CCC(N)=NO)C1CC1. The summed E-state index contributed by atoms with van der Waals surface area (Å²) in [6, 6.07) is 0.762. The highest BCUT2D eigenvalue weighted by Gasteiger charge is 2.28. The van der Waals surface area contributed by atoms with Gasteiger partial charge >= 0.3 is 0 Å². The summed E-state index contributed by atoms with van der Waals surface area (Å²) < 4.78 is 0. The van der Waals surface area contributed by atoms with Crippen molar-refractivity contribution in [1.82, 2.24) is 4.90 Å². The number of nitrogens with zero attached hydrogens (tertiary/aromatic N) is 2. The van der Waals surface area contributed by atoms with Crippen LogP contribution in [0.1, 0.15) is 32.6 Å². The molecule has 0 aromatic rings. The van der Waals surface area contributed by atoms with Gasteiger partial charge in [0.05, 0.1) is 0 Å². The summed E-state index contributed by atoms with van der Waals surface area (Å²) >= 11 is 2.00. The van der Waals surface area contributed by atoms with Crippen LogP contribution in [0.3, 0.4) is 0 Å². The van der Waals surface area contributed by atoms with Crippen LogP contribution in [0, 0.1) is 0 Å². The maximum Gasteiger partial charge on any atom is 0.140 e. The van der Waals surface area contributed by atoms with E-state index in [2.05, 4.69) is 17.0 Å². The fraction of sp³-hybridized carbons (Fsp3) is 0.909. The van der Waals surface area contributed by atoms with Crippen LogP contribution < -0.4 is 5.73 Å². The Hall–Kier alpha value is -0.420. The van der Waals surface area contributed by atoms with Crippen LogP contribution in [-0.4, -0.2) is 46.6 Å². The lowest BCUT2D eigenvalue weighted by Gasteiger charge is -2.21. The van der Waals surface area contributed by atoms with Crippen molar-refractivity contribution in [3.8, 4) is 0 Å². The smallest absolute Gasteiger partial charge is 0.140 e. The van der Waals surface area contributed by atoms with E-state index in [4.69, 9.17) is 10.9 Å². The van der Waals surface area contributed by atoms with E-state index < -0.39 is 0 Å². The van der Waals surface area contributed by atoms with Gasteiger partial charge in [-0.15, -0.1) is 0 Å². The van der Waals surface area contributed by atoms with E-state index >= 15 is 0 Å². The van der Waals surface area contributed by atoms with Crippen molar-refractivity contribution >= 4 is 17.6 Å². The Morgan fingerprint density at radius 1 is 1.50 bits per heavy atom. The molecular formula is C11H23N3OS. The number of rotatable bonds is 9. The van der Waals surface area contributed by atoms with Gasteiger partial charge in [0, 0.05) is 19.0 Å². The molecule has 0 aromatic carbocycles. The van der Waals surface area contributed by atoms with Gasteiger partial charge in [0.15, 0.2) is 0 Å². The first kappa shape index (κ1) is 13.6. The summed E-state index contributed by atoms with van der Waals surface area (Å²) in [7, 11) is 0. The molecule has 1 saturated carbocycles. The fourth-order valence-corrected chi connectivity index (χ4v) is 2.36. The van der Waals surface area contributed by atoms with E-state index in [9.17, 15) is 0 Å². The Labute approximate surface area is 102 Å². The number of hydrogen-bond acceptors (Lipinski definition) is 4. The van der Waals surface area contributed by atoms with E-state index in [1.54, 1.807) is 0 Å². The maximum absolute atomic E-state index is 8.49. The molecule has 0 atom stereocenters. The van der Waals surface area contributed by atoms with Crippen LogP contribution in [0.25, 0.3) is 0 Å². The Morgan fingerprint density at radius 2 is 2.25 bits per heavy atom. The Kier molecular flexibility index (Phi) is 6.64. The molecule has 0 saturated heterocycles. The number of nitrogens with two attached hydrogens (primary N) is 1. The molecule has 0 aromatic heterocycles. The van der Waals surface area contributed by atoms with Gasteiger partial charge in [-0.05, 0) is 37.3 Å². The highest BCUT2D eigenvalue weighted by atomic mass is 32.2. The summed E-state index contributed by atoms with van der Waals surface area (Å²) in [6.07, 6.45) is 4.55. The van der Waals surface area contributed by atoms with Crippen molar-refractivity contribution in [3.05, 3.63) is 0 Å². The van der Waals surface area contributed by atoms with Crippen LogP contribution >= 0.6 is 11.8 Å². The minimum absolute atomic E-state index is 0.341. The fourth-order valence-electron chi connectivity index (χ4n) is 1.74. The first-order valence-electron chi connectivity index (χ1n) is 6.06. The number of amidine groups is 1. The quantitative estimate of drug-likeness (QED) is 0.213. The third-order valence-electron chi connectivity index (χ3n) is 2.79. The standard InChI is InChI=1S/C11H23N3OS/c1-2-16-9-3-7-14(10-4-5-10)8-6-11(12)13-15/h10,15H,2-9H2,1H3,(H2,12,13). The van der Waals surface area contributed by atoms with E-state index in [0.29, 0.717) is 12.3 Å². The molecule has 5 heteroatoms. The molecule has 3 N–H and O–H groups in total. The molecular weight excluding hydrogens is 222 g/mol. The van der Waals surface area contributed by atoms with Crippen molar-refractivity contribution in [2.45, 2.75) is 38.6 Å². The van der Waals surface area contributed by atoms with Crippen molar-refractivity contribution in [2.75, 3.05) is 24.6 Å². The molecule has 1 fully saturated rings. The second-order valence-corrected chi connectivity index (χ2v) is 5.55. The zero-order valence-electron chi connectivity index (χ0n) is 10.1. The van der Waals surface area contributed by atoms with Gasteiger partial charge < -0.3 is 10.9 Å². The van der Waals surface area contributed by atoms with Crippen LogP contribution in [0.4, 0.5) is 0 Å². The summed E-state index contributed by atoms with van der Waals surface area (Å²) in [5.74, 6) is 2.78. The molecule has 94 valence electrons. The number of hydrogen-bond donors (Lipinski definition) is 2. The molecule has 16 heavy (non-hydrogen) atoms. The molecule has 1 aliphatic rings. The third-order valence-corrected chi connectivity index (χ3v) is 3.77. The van der Waals surface area contributed by atoms with Gasteiger partial charge in [0.1, 0.15) is 5.84 Å². The number of oxime groups is 1. The van der Waals surface area contributed by atoms with E-state index in [0.717, 1.165) is 19.1 Å². The van der Waals surface area contributed by atoms with Gasteiger partial charge in [0.25, 0.3) is 0 Å². The van der Waals surface area contributed by atoms with Crippen molar-refractivity contribution in [1.29, 1.82) is 0 Å². The molecule has 0 heterocycles. The Balaban J connectivity index is 2.15. The molecule has 0 bridgehead atoms. The van der Waals surface area contributed by atoms with Crippen molar-refractivity contribution in [3.63, 3.8) is 0 Å². The molecule has 0 spiro atoms. The maximum atomic E-state index is 8.49. The Morgan fingerprint density at radius 3 is 2.81 bits per heavy atom. The minimum Gasteiger partial charge on any atom is -0.409 e. The van der Waals surface area contributed by atoms with E-state index in [1.807, 2.05) is 11.8 Å². The lowest BCUT2D eigenvalue weighted by atomic mass is 10.3. The lowest BCUT2D eigenvalue weighted by Crippen LogP contribution is -2.31. The van der Waals surface area contributed by atoms with Gasteiger partial charge in [-0.2, -0.15) is 11.8 Å². The average Bonchev–Trinajstić information content (AvgIpc) is 3.11. The zero-order chi connectivity index (χ0) is 11.8. The minimum atomic E-state index is 0.341. The van der Waals surface area contributed by atoms with Gasteiger partial charge in [-0.1, -0.05) is 12.1 Å².